The first-order valence-electron chi connectivity index (χ1n) is 6.14. The summed E-state index contributed by atoms with van der Waals surface area (Å²) in [5, 5.41) is 0. The highest BCUT2D eigenvalue weighted by Crippen LogP contribution is 2.23. The van der Waals surface area contributed by atoms with Crippen molar-refractivity contribution >= 4 is 21.5 Å². The summed E-state index contributed by atoms with van der Waals surface area (Å²) >= 11 is 3.39. The lowest BCUT2D eigenvalue weighted by molar-refractivity contribution is 1.10. The molecule has 2 nitrogen and oxygen atoms in total. The molecule has 2 aromatic rings. The topological polar surface area (TPSA) is 25.8 Å². The maximum Gasteiger partial charge on any atom is 0.197 e. The predicted octanol–water partition coefficient (Wildman–Crippen LogP) is 4.89. The van der Waals surface area contributed by atoms with Crippen molar-refractivity contribution in [3.8, 4) is 11.3 Å². The SMILES string of the molecule is C/C=C\C(=C/C)c1cc(-c2ccccc2)nc(Br)n1. The van der Waals surface area contributed by atoms with Crippen molar-refractivity contribution in [1.82, 2.24) is 9.97 Å². The van der Waals surface area contributed by atoms with Crippen LogP contribution in [0.5, 0.6) is 0 Å². The summed E-state index contributed by atoms with van der Waals surface area (Å²) in [5.41, 5.74) is 4.01. The van der Waals surface area contributed by atoms with E-state index < -0.39 is 0 Å². The molecule has 0 fully saturated rings. The van der Waals surface area contributed by atoms with Gasteiger partial charge >= 0.3 is 0 Å². The average molecular weight is 315 g/mol. The minimum Gasteiger partial charge on any atom is -0.222 e. The Balaban J connectivity index is 2.52. The second-order valence-corrected chi connectivity index (χ2v) is 4.73. The second-order valence-electron chi connectivity index (χ2n) is 4.02. The number of allylic oxidation sites excluding steroid dienone is 4. The van der Waals surface area contributed by atoms with Gasteiger partial charge in [-0.15, -0.1) is 0 Å². The number of nitrogens with zero attached hydrogens (tertiary/aromatic N) is 2. The molecule has 19 heavy (non-hydrogen) atoms. The molecule has 0 unspecified atom stereocenters. The molecule has 0 atom stereocenters. The number of hydrogen-bond acceptors (Lipinski definition) is 2. The van der Waals surface area contributed by atoms with Crippen LogP contribution in [-0.4, -0.2) is 9.97 Å². The van der Waals surface area contributed by atoms with E-state index in [1.54, 1.807) is 0 Å². The minimum absolute atomic E-state index is 0.604. The van der Waals surface area contributed by atoms with Crippen LogP contribution < -0.4 is 0 Å². The Kier molecular flexibility index (Phi) is 4.63. The van der Waals surface area contributed by atoms with Gasteiger partial charge in [-0.1, -0.05) is 48.6 Å². The summed E-state index contributed by atoms with van der Waals surface area (Å²) in [7, 11) is 0. The fraction of sp³-hybridized carbons (Fsp3) is 0.125. The van der Waals surface area contributed by atoms with Crippen molar-refractivity contribution in [2.45, 2.75) is 13.8 Å². The van der Waals surface area contributed by atoms with Gasteiger partial charge in [-0.05, 0) is 41.4 Å². The average Bonchev–Trinajstić information content (AvgIpc) is 2.45. The first kappa shape index (κ1) is 13.7. The quantitative estimate of drug-likeness (QED) is 0.595. The maximum atomic E-state index is 4.44. The molecule has 0 aliphatic rings. The van der Waals surface area contributed by atoms with Crippen molar-refractivity contribution in [1.29, 1.82) is 0 Å². The summed E-state index contributed by atoms with van der Waals surface area (Å²) in [6.45, 7) is 4.01. The molecule has 0 saturated heterocycles. The van der Waals surface area contributed by atoms with Crippen LogP contribution in [0, 0.1) is 0 Å². The second kappa shape index (κ2) is 6.43. The summed E-state index contributed by atoms with van der Waals surface area (Å²) < 4.78 is 0.604. The Morgan fingerprint density at radius 3 is 2.47 bits per heavy atom. The Morgan fingerprint density at radius 1 is 1.11 bits per heavy atom. The Morgan fingerprint density at radius 2 is 1.84 bits per heavy atom. The molecular formula is C16H15BrN2. The van der Waals surface area contributed by atoms with Gasteiger partial charge in [0.15, 0.2) is 4.73 Å². The van der Waals surface area contributed by atoms with Crippen molar-refractivity contribution in [2.75, 3.05) is 0 Å². The zero-order valence-electron chi connectivity index (χ0n) is 11.0. The van der Waals surface area contributed by atoms with Gasteiger partial charge in [0.2, 0.25) is 0 Å². The van der Waals surface area contributed by atoms with Gasteiger partial charge in [0.1, 0.15) is 0 Å². The standard InChI is InChI=1S/C16H15BrN2/c1-3-8-12(4-2)14-11-15(19-16(17)18-14)13-9-6-5-7-10-13/h3-11H,1-2H3/b8-3-,12-4+. The number of benzene rings is 1. The monoisotopic (exact) mass is 314 g/mol. The lowest BCUT2D eigenvalue weighted by Crippen LogP contribution is -1.94. The third-order valence-corrected chi connectivity index (χ3v) is 3.08. The van der Waals surface area contributed by atoms with Crippen molar-refractivity contribution < 1.29 is 0 Å². The van der Waals surface area contributed by atoms with Gasteiger partial charge in [0.25, 0.3) is 0 Å². The van der Waals surface area contributed by atoms with Gasteiger partial charge in [-0.25, -0.2) is 9.97 Å². The molecule has 1 heterocycles. The minimum atomic E-state index is 0.604. The third-order valence-electron chi connectivity index (χ3n) is 2.72. The number of halogens is 1. The fourth-order valence-electron chi connectivity index (χ4n) is 1.83. The highest BCUT2D eigenvalue weighted by molar-refractivity contribution is 9.10. The van der Waals surface area contributed by atoms with E-state index in [2.05, 4.69) is 25.9 Å². The van der Waals surface area contributed by atoms with Gasteiger partial charge < -0.3 is 0 Å². The molecule has 0 bridgehead atoms. The molecule has 0 saturated carbocycles. The predicted molar refractivity (Wildman–Crippen MR) is 83.6 cm³/mol. The molecule has 0 aliphatic heterocycles. The van der Waals surface area contributed by atoms with E-state index in [1.807, 2.05) is 68.5 Å². The largest absolute Gasteiger partial charge is 0.222 e. The van der Waals surface area contributed by atoms with E-state index in [1.165, 1.54) is 0 Å². The molecule has 0 radical (unpaired) electrons. The van der Waals surface area contributed by atoms with Gasteiger partial charge in [-0.2, -0.15) is 0 Å². The molecule has 0 N–H and O–H groups in total. The van der Waals surface area contributed by atoms with E-state index in [-0.39, 0.29) is 0 Å². The van der Waals surface area contributed by atoms with Crippen molar-refractivity contribution in [3.63, 3.8) is 0 Å². The molecule has 0 aliphatic carbocycles. The van der Waals surface area contributed by atoms with E-state index >= 15 is 0 Å². The summed E-state index contributed by atoms with van der Waals surface area (Å²) in [6, 6.07) is 12.1. The zero-order chi connectivity index (χ0) is 13.7. The molecule has 0 spiro atoms. The first-order chi connectivity index (χ1) is 9.24. The Hall–Kier alpha value is -1.74. The van der Waals surface area contributed by atoms with Gasteiger partial charge in [0, 0.05) is 5.56 Å². The van der Waals surface area contributed by atoms with E-state index in [4.69, 9.17) is 0 Å². The van der Waals surface area contributed by atoms with E-state index in [9.17, 15) is 0 Å². The number of aromatic nitrogens is 2. The molecule has 96 valence electrons. The summed E-state index contributed by atoms with van der Waals surface area (Å²) in [6.07, 6.45) is 6.10. The Bertz CT molecular complexity index is 616. The summed E-state index contributed by atoms with van der Waals surface area (Å²) in [4.78, 5) is 8.87. The van der Waals surface area contributed by atoms with Crippen LogP contribution in [-0.2, 0) is 0 Å². The van der Waals surface area contributed by atoms with Crippen LogP contribution in [0.25, 0.3) is 16.8 Å². The molecule has 0 amide bonds. The summed E-state index contributed by atoms with van der Waals surface area (Å²) in [5.74, 6) is 0. The molecule has 3 heteroatoms. The molecule has 1 aromatic heterocycles. The van der Waals surface area contributed by atoms with Crippen molar-refractivity contribution in [3.05, 3.63) is 65.1 Å². The fourth-order valence-corrected chi connectivity index (χ4v) is 2.21. The molecule has 2 rings (SSSR count). The first-order valence-corrected chi connectivity index (χ1v) is 6.93. The smallest absolute Gasteiger partial charge is 0.197 e. The maximum absolute atomic E-state index is 4.44. The van der Waals surface area contributed by atoms with Crippen LogP contribution in [0.3, 0.4) is 0 Å². The van der Waals surface area contributed by atoms with Crippen molar-refractivity contribution in [2.24, 2.45) is 0 Å². The molecule has 1 aromatic carbocycles. The number of hydrogen-bond donors (Lipinski definition) is 0. The van der Waals surface area contributed by atoms with Crippen LogP contribution in [0.15, 0.2) is 59.4 Å². The lowest BCUT2D eigenvalue weighted by atomic mass is 10.1. The third kappa shape index (κ3) is 3.38. The van der Waals surface area contributed by atoms with Crippen LogP contribution >= 0.6 is 15.9 Å². The zero-order valence-corrected chi connectivity index (χ0v) is 12.6. The van der Waals surface area contributed by atoms with Crippen LogP contribution in [0.1, 0.15) is 19.5 Å². The highest BCUT2D eigenvalue weighted by atomic mass is 79.9. The van der Waals surface area contributed by atoms with Crippen LogP contribution in [0.2, 0.25) is 0 Å². The van der Waals surface area contributed by atoms with Gasteiger partial charge in [0.05, 0.1) is 11.4 Å². The van der Waals surface area contributed by atoms with Crippen LogP contribution in [0.4, 0.5) is 0 Å². The normalized spacial score (nSPS) is 12.1. The van der Waals surface area contributed by atoms with Gasteiger partial charge in [-0.3, -0.25) is 0 Å². The highest BCUT2D eigenvalue weighted by Gasteiger charge is 2.06. The van der Waals surface area contributed by atoms with E-state index in [0.29, 0.717) is 4.73 Å². The Labute approximate surface area is 122 Å². The lowest BCUT2D eigenvalue weighted by Gasteiger charge is -2.06. The number of rotatable bonds is 3. The van der Waals surface area contributed by atoms with E-state index in [0.717, 1.165) is 22.5 Å². The molecular weight excluding hydrogens is 300 g/mol.